The smallest absolute Gasteiger partial charge is 0.212 e. The van der Waals surface area contributed by atoms with Gasteiger partial charge in [-0.2, -0.15) is 0 Å². The molecular formula is C11H18N2O2S2. The number of thioether (sulfide) groups is 1. The van der Waals surface area contributed by atoms with Crippen LogP contribution in [0.2, 0.25) is 0 Å². The molecule has 6 heteroatoms. The number of benzene rings is 1. The van der Waals surface area contributed by atoms with Crippen LogP contribution >= 0.6 is 11.8 Å². The third kappa shape index (κ3) is 5.43. The van der Waals surface area contributed by atoms with Gasteiger partial charge in [-0.1, -0.05) is 19.1 Å². The van der Waals surface area contributed by atoms with Gasteiger partial charge in [0, 0.05) is 22.9 Å². The molecule has 0 aromatic heterocycles. The van der Waals surface area contributed by atoms with Gasteiger partial charge >= 0.3 is 0 Å². The van der Waals surface area contributed by atoms with Crippen molar-refractivity contribution in [2.24, 2.45) is 0 Å². The largest absolute Gasteiger partial charge is 0.398 e. The van der Waals surface area contributed by atoms with E-state index in [1.165, 1.54) is 11.8 Å². The summed E-state index contributed by atoms with van der Waals surface area (Å²) >= 11 is 1.46. The summed E-state index contributed by atoms with van der Waals surface area (Å²) in [6.07, 6.45) is 0.804. The second kappa shape index (κ2) is 6.88. The molecule has 0 amide bonds. The SMILES string of the molecule is CCCNS(=O)(=O)CCSc1ccccc1N. The fraction of sp³-hybridized carbons (Fsp3) is 0.455. The van der Waals surface area contributed by atoms with Crippen molar-refractivity contribution < 1.29 is 8.42 Å². The first kappa shape index (κ1) is 14.3. The molecule has 17 heavy (non-hydrogen) atoms. The standard InChI is InChI=1S/C11H18N2O2S2/c1-2-7-13-17(14,15)9-8-16-11-6-4-3-5-10(11)12/h3-6,13H,2,7-9,12H2,1H3. The molecule has 0 aliphatic rings. The first-order valence-electron chi connectivity index (χ1n) is 5.50. The van der Waals surface area contributed by atoms with Crippen LogP contribution in [0.5, 0.6) is 0 Å². The lowest BCUT2D eigenvalue weighted by atomic mass is 10.3. The van der Waals surface area contributed by atoms with Crippen molar-refractivity contribution in [2.75, 3.05) is 23.8 Å². The maximum atomic E-state index is 11.5. The minimum Gasteiger partial charge on any atom is -0.398 e. The number of nitrogen functional groups attached to an aromatic ring is 1. The van der Waals surface area contributed by atoms with Gasteiger partial charge in [0.1, 0.15) is 0 Å². The Morgan fingerprint density at radius 2 is 2.06 bits per heavy atom. The van der Waals surface area contributed by atoms with Crippen molar-refractivity contribution in [3.63, 3.8) is 0 Å². The number of anilines is 1. The molecule has 0 aliphatic heterocycles. The molecule has 0 radical (unpaired) electrons. The maximum Gasteiger partial charge on any atom is 0.212 e. The third-order valence-corrected chi connectivity index (χ3v) is 4.84. The molecule has 0 saturated carbocycles. The summed E-state index contributed by atoms with van der Waals surface area (Å²) in [5.74, 6) is 0.624. The van der Waals surface area contributed by atoms with Gasteiger partial charge in [0.05, 0.1) is 5.75 Å². The Hall–Kier alpha value is -0.720. The van der Waals surface area contributed by atoms with Crippen molar-refractivity contribution in [2.45, 2.75) is 18.2 Å². The van der Waals surface area contributed by atoms with Crippen LogP contribution < -0.4 is 10.5 Å². The van der Waals surface area contributed by atoms with Crippen molar-refractivity contribution >= 4 is 27.5 Å². The van der Waals surface area contributed by atoms with Crippen molar-refractivity contribution in [1.29, 1.82) is 0 Å². The molecule has 1 aromatic carbocycles. The van der Waals surface area contributed by atoms with Crippen LogP contribution in [0, 0.1) is 0 Å². The molecule has 1 rings (SSSR count). The van der Waals surface area contributed by atoms with Crippen LogP contribution in [-0.4, -0.2) is 26.5 Å². The van der Waals surface area contributed by atoms with Crippen molar-refractivity contribution in [3.8, 4) is 0 Å². The van der Waals surface area contributed by atoms with Crippen molar-refractivity contribution in [3.05, 3.63) is 24.3 Å². The average molecular weight is 274 g/mol. The summed E-state index contributed by atoms with van der Waals surface area (Å²) in [7, 11) is -3.14. The van der Waals surface area contributed by atoms with E-state index in [0.717, 1.165) is 11.3 Å². The number of rotatable bonds is 7. The normalized spacial score (nSPS) is 11.6. The predicted octanol–water partition coefficient (Wildman–Crippen LogP) is 1.69. The van der Waals surface area contributed by atoms with Crippen LogP contribution in [0.15, 0.2) is 29.2 Å². The van der Waals surface area contributed by atoms with E-state index in [9.17, 15) is 8.42 Å². The highest BCUT2D eigenvalue weighted by atomic mass is 32.2. The number of nitrogens with two attached hydrogens (primary N) is 1. The fourth-order valence-electron chi connectivity index (χ4n) is 1.20. The van der Waals surface area contributed by atoms with Crippen LogP contribution in [0.3, 0.4) is 0 Å². The lowest BCUT2D eigenvalue weighted by Gasteiger charge is -2.06. The summed E-state index contributed by atoms with van der Waals surface area (Å²) in [6.45, 7) is 2.43. The molecule has 0 saturated heterocycles. The lowest BCUT2D eigenvalue weighted by Crippen LogP contribution is -2.27. The average Bonchev–Trinajstić information content (AvgIpc) is 2.29. The van der Waals surface area contributed by atoms with Gasteiger partial charge in [-0.15, -0.1) is 11.8 Å². The van der Waals surface area contributed by atoms with Gasteiger partial charge in [0.15, 0.2) is 0 Å². The highest BCUT2D eigenvalue weighted by Crippen LogP contribution is 2.24. The summed E-state index contributed by atoms with van der Waals surface area (Å²) in [5.41, 5.74) is 6.46. The summed E-state index contributed by atoms with van der Waals surface area (Å²) in [6, 6.07) is 7.46. The molecule has 0 unspecified atom stereocenters. The second-order valence-corrected chi connectivity index (χ2v) is 6.66. The molecule has 1 aromatic rings. The zero-order chi connectivity index (χ0) is 12.7. The second-order valence-electron chi connectivity index (χ2n) is 3.60. The van der Waals surface area contributed by atoms with Crippen LogP contribution in [-0.2, 0) is 10.0 Å². The summed E-state index contributed by atoms with van der Waals surface area (Å²) in [5, 5.41) is 0. The quantitative estimate of drug-likeness (QED) is 0.586. The van der Waals surface area contributed by atoms with Gasteiger partial charge in [-0.3, -0.25) is 0 Å². The number of hydrogen-bond acceptors (Lipinski definition) is 4. The zero-order valence-electron chi connectivity index (χ0n) is 9.85. The molecule has 0 aliphatic carbocycles. The third-order valence-electron chi connectivity index (χ3n) is 2.10. The molecule has 0 atom stereocenters. The van der Waals surface area contributed by atoms with Gasteiger partial charge < -0.3 is 5.73 Å². The molecule has 4 nitrogen and oxygen atoms in total. The fourth-order valence-corrected chi connectivity index (χ4v) is 3.70. The Labute approximate surface area is 107 Å². The van der Waals surface area contributed by atoms with E-state index in [1.807, 2.05) is 31.2 Å². The van der Waals surface area contributed by atoms with E-state index in [4.69, 9.17) is 5.73 Å². The van der Waals surface area contributed by atoms with E-state index in [-0.39, 0.29) is 5.75 Å². The first-order valence-corrected chi connectivity index (χ1v) is 8.13. The van der Waals surface area contributed by atoms with Gasteiger partial charge in [-0.25, -0.2) is 13.1 Å². The number of para-hydroxylation sites is 1. The number of nitrogens with one attached hydrogen (secondary N) is 1. The molecular weight excluding hydrogens is 256 g/mol. The molecule has 96 valence electrons. The van der Waals surface area contributed by atoms with E-state index in [0.29, 0.717) is 18.0 Å². The minimum absolute atomic E-state index is 0.117. The Kier molecular flexibility index (Phi) is 5.80. The number of hydrogen-bond donors (Lipinski definition) is 2. The molecule has 3 N–H and O–H groups in total. The summed E-state index contributed by atoms with van der Waals surface area (Å²) < 4.78 is 25.6. The molecule has 0 bridgehead atoms. The topological polar surface area (TPSA) is 72.2 Å². The summed E-state index contributed by atoms with van der Waals surface area (Å²) in [4.78, 5) is 0.929. The predicted molar refractivity (Wildman–Crippen MR) is 73.7 cm³/mol. The minimum atomic E-state index is -3.14. The first-order chi connectivity index (χ1) is 8.05. The monoisotopic (exact) mass is 274 g/mol. The zero-order valence-corrected chi connectivity index (χ0v) is 11.5. The van der Waals surface area contributed by atoms with Gasteiger partial charge in [0.2, 0.25) is 10.0 Å². The Morgan fingerprint density at radius 3 is 2.71 bits per heavy atom. The Morgan fingerprint density at radius 1 is 1.35 bits per heavy atom. The van der Waals surface area contributed by atoms with Crippen molar-refractivity contribution in [1.82, 2.24) is 4.72 Å². The van der Waals surface area contributed by atoms with Crippen LogP contribution in [0.4, 0.5) is 5.69 Å². The van der Waals surface area contributed by atoms with Gasteiger partial charge in [0.25, 0.3) is 0 Å². The molecule has 0 spiro atoms. The van der Waals surface area contributed by atoms with E-state index in [2.05, 4.69) is 4.72 Å². The maximum absolute atomic E-state index is 11.5. The van der Waals surface area contributed by atoms with E-state index >= 15 is 0 Å². The highest BCUT2D eigenvalue weighted by molar-refractivity contribution is 8.00. The van der Waals surface area contributed by atoms with E-state index < -0.39 is 10.0 Å². The lowest BCUT2D eigenvalue weighted by molar-refractivity contribution is 0.582. The molecule has 0 fully saturated rings. The molecule has 0 heterocycles. The van der Waals surface area contributed by atoms with Crippen LogP contribution in [0.25, 0.3) is 0 Å². The van der Waals surface area contributed by atoms with Crippen LogP contribution in [0.1, 0.15) is 13.3 Å². The Bertz CT molecular complexity index is 447. The Balaban J connectivity index is 2.40. The highest BCUT2D eigenvalue weighted by Gasteiger charge is 2.09. The van der Waals surface area contributed by atoms with Gasteiger partial charge in [-0.05, 0) is 18.6 Å². The van der Waals surface area contributed by atoms with E-state index in [1.54, 1.807) is 0 Å². The number of sulfonamides is 1.